The van der Waals surface area contributed by atoms with Crippen molar-refractivity contribution in [2.45, 2.75) is 16.3 Å². The molecule has 0 aliphatic carbocycles. The van der Waals surface area contributed by atoms with Crippen LogP contribution in [0.3, 0.4) is 0 Å². The molecule has 3 N–H and O–H groups in total. The number of carbonyl (C=O) groups is 1. The van der Waals surface area contributed by atoms with E-state index in [-0.39, 0.29) is 21.9 Å². The number of nitrogens with two attached hydrogens (primary N) is 1. The number of primary sulfonamides is 1. The molecule has 0 fully saturated rings. The summed E-state index contributed by atoms with van der Waals surface area (Å²) in [4.78, 5) is 12.8. The first kappa shape index (κ1) is 24.4. The zero-order valence-corrected chi connectivity index (χ0v) is 19.6. The van der Waals surface area contributed by atoms with E-state index in [1.54, 1.807) is 36.4 Å². The van der Waals surface area contributed by atoms with Crippen LogP contribution in [-0.2, 0) is 26.6 Å². The van der Waals surface area contributed by atoms with Crippen molar-refractivity contribution in [1.29, 1.82) is 0 Å². The number of anilines is 1. The third-order valence-electron chi connectivity index (χ3n) is 4.83. The first-order valence-corrected chi connectivity index (χ1v) is 12.6. The number of methoxy groups -OCH3 is 1. The Balaban J connectivity index is 1.82. The fourth-order valence-electron chi connectivity index (χ4n) is 3.07. The van der Waals surface area contributed by atoms with E-state index >= 15 is 0 Å². The van der Waals surface area contributed by atoms with Crippen molar-refractivity contribution < 1.29 is 26.4 Å². The van der Waals surface area contributed by atoms with E-state index in [9.17, 15) is 21.6 Å². The highest BCUT2D eigenvalue weighted by atomic mass is 32.2. The van der Waals surface area contributed by atoms with Crippen molar-refractivity contribution in [1.82, 2.24) is 4.31 Å². The second-order valence-corrected chi connectivity index (χ2v) is 10.7. The molecule has 3 rings (SSSR count). The second kappa shape index (κ2) is 9.71. The lowest BCUT2D eigenvalue weighted by molar-refractivity contribution is 0.102. The first-order chi connectivity index (χ1) is 15.5. The van der Waals surface area contributed by atoms with Crippen molar-refractivity contribution in [3.8, 4) is 5.75 Å². The highest BCUT2D eigenvalue weighted by Crippen LogP contribution is 2.25. The smallest absolute Gasteiger partial charge is 0.255 e. The van der Waals surface area contributed by atoms with Crippen LogP contribution in [0.1, 0.15) is 15.9 Å². The molecule has 3 aromatic rings. The fourth-order valence-corrected chi connectivity index (χ4v) is 4.76. The number of ether oxygens (including phenoxy) is 1. The van der Waals surface area contributed by atoms with Gasteiger partial charge in [0.05, 0.1) is 16.9 Å². The summed E-state index contributed by atoms with van der Waals surface area (Å²) in [6.07, 6.45) is 0. The summed E-state index contributed by atoms with van der Waals surface area (Å²) in [5.74, 6) is -0.0324. The zero-order valence-electron chi connectivity index (χ0n) is 17.9. The van der Waals surface area contributed by atoms with Crippen molar-refractivity contribution in [2.75, 3.05) is 19.5 Å². The van der Waals surface area contributed by atoms with Gasteiger partial charge in [-0.1, -0.05) is 18.2 Å². The molecule has 0 saturated heterocycles. The largest absolute Gasteiger partial charge is 0.496 e. The number of benzene rings is 3. The van der Waals surface area contributed by atoms with Crippen LogP contribution in [0.2, 0.25) is 0 Å². The molecule has 33 heavy (non-hydrogen) atoms. The van der Waals surface area contributed by atoms with Crippen LogP contribution in [-0.4, -0.2) is 41.2 Å². The highest BCUT2D eigenvalue weighted by molar-refractivity contribution is 7.89. The van der Waals surface area contributed by atoms with Gasteiger partial charge in [-0.05, 0) is 54.6 Å². The van der Waals surface area contributed by atoms with Gasteiger partial charge in [0.15, 0.2) is 0 Å². The predicted molar refractivity (Wildman–Crippen MR) is 124 cm³/mol. The maximum absolute atomic E-state index is 12.8. The van der Waals surface area contributed by atoms with Gasteiger partial charge in [-0.3, -0.25) is 4.79 Å². The summed E-state index contributed by atoms with van der Waals surface area (Å²) in [6.45, 7) is -0.0232. The number of hydrogen-bond acceptors (Lipinski definition) is 6. The van der Waals surface area contributed by atoms with E-state index in [1.165, 1.54) is 54.9 Å². The quantitative estimate of drug-likeness (QED) is 0.499. The normalized spacial score (nSPS) is 11.9. The van der Waals surface area contributed by atoms with Gasteiger partial charge < -0.3 is 10.1 Å². The van der Waals surface area contributed by atoms with Crippen LogP contribution < -0.4 is 15.2 Å². The maximum Gasteiger partial charge on any atom is 0.255 e. The van der Waals surface area contributed by atoms with Gasteiger partial charge in [0.25, 0.3) is 5.91 Å². The molecule has 0 unspecified atom stereocenters. The highest BCUT2D eigenvalue weighted by Gasteiger charge is 2.22. The molecule has 0 aliphatic heterocycles. The molecule has 0 aliphatic rings. The molecule has 0 heterocycles. The number of carbonyl (C=O) groups excluding carboxylic acids is 1. The molecular weight excluding hydrogens is 466 g/mol. The molecule has 11 heteroatoms. The van der Waals surface area contributed by atoms with Crippen LogP contribution in [0, 0.1) is 0 Å². The van der Waals surface area contributed by atoms with E-state index in [2.05, 4.69) is 5.32 Å². The monoisotopic (exact) mass is 489 g/mol. The summed E-state index contributed by atoms with van der Waals surface area (Å²) in [5.41, 5.74) is 1.14. The lowest BCUT2D eigenvalue weighted by Gasteiger charge is -2.19. The van der Waals surface area contributed by atoms with Gasteiger partial charge in [0.2, 0.25) is 20.0 Å². The molecule has 0 bridgehead atoms. The molecule has 0 saturated carbocycles. The van der Waals surface area contributed by atoms with Crippen LogP contribution in [0.25, 0.3) is 0 Å². The summed E-state index contributed by atoms with van der Waals surface area (Å²) in [6, 6.07) is 18.1. The van der Waals surface area contributed by atoms with Crippen LogP contribution >= 0.6 is 0 Å². The molecular formula is C22H23N3O6S2. The molecule has 174 valence electrons. The van der Waals surface area contributed by atoms with Crippen molar-refractivity contribution >= 4 is 31.6 Å². The molecule has 0 radical (unpaired) electrons. The summed E-state index contributed by atoms with van der Waals surface area (Å²) in [5, 5.41) is 7.74. The van der Waals surface area contributed by atoms with Crippen LogP contribution in [0.15, 0.2) is 82.6 Å². The minimum atomic E-state index is -3.84. The summed E-state index contributed by atoms with van der Waals surface area (Å²) < 4.78 is 54.9. The number of hydrogen-bond donors (Lipinski definition) is 2. The lowest BCUT2D eigenvalue weighted by Crippen LogP contribution is -2.27. The van der Waals surface area contributed by atoms with Gasteiger partial charge in [0, 0.05) is 30.4 Å². The summed E-state index contributed by atoms with van der Waals surface area (Å²) >= 11 is 0. The molecule has 3 aromatic carbocycles. The van der Waals surface area contributed by atoms with E-state index in [1.807, 2.05) is 0 Å². The van der Waals surface area contributed by atoms with E-state index in [0.29, 0.717) is 17.0 Å². The fraction of sp³-hybridized carbons (Fsp3) is 0.136. The van der Waals surface area contributed by atoms with Gasteiger partial charge in [-0.2, -0.15) is 4.31 Å². The number of rotatable bonds is 8. The van der Waals surface area contributed by atoms with E-state index in [0.717, 1.165) is 0 Å². The molecule has 0 atom stereocenters. The molecule has 1 amide bonds. The number of nitrogens with one attached hydrogen (secondary N) is 1. The number of amides is 1. The predicted octanol–water partition coefficient (Wildman–Crippen LogP) is 2.42. The zero-order chi connectivity index (χ0) is 24.2. The summed E-state index contributed by atoms with van der Waals surface area (Å²) in [7, 11) is -4.68. The SMILES string of the molecule is COc1ccc(C(=O)Nc2ccc(S(N)(=O)=O)cc2)cc1CN(C)S(=O)(=O)c1ccccc1. The van der Waals surface area contributed by atoms with Crippen molar-refractivity contribution in [3.63, 3.8) is 0 Å². The van der Waals surface area contributed by atoms with Gasteiger partial charge >= 0.3 is 0 Å². The number of nitrogens with zero attached hydrogens (tertiary/aromatic N) is 1. The minimum absolute atomic E-state index is 0.0232. The Bertz CT molecular complexity index is 1360. The number of sulfonamides is 2. The van der Waals surface area contributed by atoms with Gasteiger partial charge in [0.1, 0.15) is 5.75 Å². The Labute approximate surface area is 192 Å². The van der Waals surface area contributed by atoms with Gasteiger partial charge in [-0.15, -0.1) is 0 Å². The van der Waals surface area contributed by atoms with Gasteiger partial charge in [-0.25, -0.2) is 22.0 Å². The average Bonchev–Trinajstić information content (AvgIpc) is 2.79. The Kier molecular flexibility index (Phi) is 7.18. The first-order valence-electron chi connectivity index (χ1n) is 9.65. The third kappa shape index (κ3) is 5.76. The average molecular weight is 490 g/mol. The van der Waals surface area contributed by atoms with Crippen molar-refractivity contribution in [2.24, 2.45) is 5.14 Å². The molecule has 0 spiro atoms. The van der Waals surface area contributed by atoms with Crippen molar-refractivity contribution in [3.05, 3.63) is 83.9 Å². The minimum Gasteiger partial charge on any atom is -0.496 e. The lowest BCUT2D eigenvalue weighted by atomic mass is 10.1. The van der Waals surface area contributed by atoms with E-state index in [4.69, 9.17) is 9.88 Å². The Morgan fingerprint density at radius 2 is 1.58 bits per heavy atom. The Morgan fingerprint density at radius 1 is 0.939 bits per heavy atom. The second-order valence-electron chi connectivity index (χ2n) is 7.12. The van der Waals surface area contributed by atoms with Crippen LogP contribution in [0.5, 0.6) is 5.75 Å². The maximum atomic E-state index is 12.8. The standard InChI is InChI=1S/C22H23N3O6S2/c1-25(33(29,30)20-6-4-3-5-7-20)15-17-14-16(8-13-21(17)31-2)22(26)24-18-9-11-19(12-10-18)32(23,27)28/h3-14H,15H2,1-2H3,(H,24,26)(H2,23,27,28). The molecule has 0 aromatic heterocycles. The Hall–Kier alpha value is -3.25. The Morgan fingerprint density at radius 3 is 2.15 bits per heavy atom. The molecule has 9 nitrogen and oxygen atoms in total. The third-order valence-corrected chi connectivity index (χ3v) is 7.57. The van der Waals surface area contributed by atoms with E-state index < -0.39 is 26.0 Å². The topological polar surface area (TPSA) is 136 Å². The van der Waals surface area contributed by atoms with Crippen LogP contribution in [0.4, 0.5) is 5.69 Å².